The molecule has 0 saturated carbocycles. The molecule has 1 aromatic heterocycles. The van der Waals surface area contributed by atoms with Crippen molar-refractivity contribution < 1.29 is 14.3 Å². The topological polar surface area (TPSA) is 80.3 Å². The lowest BCUT2D eigenvalue weighted by Gasteiger charge is -2.18. The smallest absolute Gasteiger partial charge is 0.264 e. The molecule has 2 N–H and O–H groups in total. The Kier molecular flexibility index (Phi) is 5.86. The van der Waals surface area contributed by atoms with Crippen LogP contribution in [0.25, 0.3) is 10.2 Å². The van der Waals surface area contributed by atoms with Crippen LogP contribution in [0.15, 0.2) is 42.5 Å². The number of nitrogens with one attached hydrogen (secondary N) is 2. The molecular weight excluding hydrogens is 398 g/mol. The second-order valence-electron chi connectivity index (χ2n) is 7.20. The number of carbonyl (C=O) groups is 2. The number of carbonyl (C=O) groups excluding carboxylic acids is 2. The van der Waals surface area contributed by atoms with Gasteiger partial charge in [-0.15, -0.1) is 0 Å². The van der Waals surface area contributed by atoms with Crippen molar-refractivity contribution in [3.8, 4) is 5.75 Å². The maximum atomic E-state index is 12.2. The molecule has 6 nitrogen and oxygen atoms in total. The van der Waals surface area contributed by atoms with Gasteiger partial charge in [0.2, 0.25) is 5.91 Å². The number of ether oxygens (including phenoxy) is 1. The molecule has 146 valence electrons. The van der Waals surface area contributed by atoms with E-state index in [4.69, 9.17) is 16.3 Å². The molecule has 2 amide bonds. The van der Waals surface area contributed by atoms with E-state index >= 15 is 0 Å². The first kappa shape index (κ1) is 20.1. The van der Waals surface area contributed by atoms with Gasteiger partial charge in [0.1, 0.15) is 5.75 Å². The van der Waals surface area contributed by atoms with Crippen LogP contribution in [0.1, 0.15) is 20.8 Å². The van der Waals surface area contributed by atoms with Crippen molar-refractivity contribution >= 4 is 55.8 Å². The van der Waals surface area contributed by atoms with E-state index in [1.165, 1.54) is 11.3 Å². The first-order chi connectivity index (χ1) is 13.2. The fourth-order valence-electron chi connectivity index (χ4n) is 2.24. The molecule has 28 heavy (non-hydrogen) atoms. The van der Waals surface area contributed by atoms with E-state index in [-0.39, 0.29) is 18.4 Å². The fourth-order valence-corrected chi connectivity index (χ4v) is 3.40. The minimum atomic E-state index is -0.502. The Hall–Kier alpha value is -2.64. The second kappa shape index (κ2) is 8.16. The molecule has 0 bridgehead atoms. The highest BCUT2D eigenvalue weighted by Gasteiger charge is 2.21. The van der Waals surface area contributed by atoms with Crippen molar-refractivity contribution in [2.75, 3.05) is 17.2 Å². The lowest BCUT2D eigenvalue weighted by Crippen LogP contribution is -2.27. The van der Waals surface area contributed by atoms with Crippen LogP contribution in [0.5, 0.6) is 5.75 Å². The van der Waals surface area contributed by atoms with Crippen LogP contribution in [-0.4, -0.2) is 23.4 Å². The summed E-state index contributed by atoms with van der Waals surface area (Å²) in [6, 6.07) is 12.3. The molecule has 1 heterocycles. The Morgan fingerprint density at radius 2 is 1.93 bits per heavy atom. The van der Waals surface area contributed by atoms with Crippen LogP contribution < -0.4 is 15.4 Å². The highest BCUT2D eigenvalue weighted by atomic mass is 35.5. The Morgan fingerprint density at radius 3 is 2.68 bits per heavy atom. The molecule has 0 aliphatic rings. The number of rotatable bonds is 5. The van der Waals surface area contributed by atoms with Crippen LogP contribution >= 0.6 is 22.9 Å². The standard InChI is InChI=1S/C20H20ClN3O3S/c1-20(2,3)18(26)22-13-5-4-6-14(10-13)27-11-17(25)24-19-23-15-8-7-12(21)9-16(15)28-19/h4-10H,11H2,1-3H3,(H,22,26)(H,23,24,25). The molecule has 0 aliphatic heterocycles. The molecule has 0 atom stereocenters. The van der Waals surface area contributed by atoms with Crippen molar-refractivity contribution in [3.05, 3.63) is 47.5 Å². The van der Waals surface area contributed by atoms with Crippen molar-refractivity contribution in [1.29, 1.82) is 0 Å². The first-order valence-electron chi connectivity index (χ1n) is 8.61. The zero-order chi connectivity index (χ0) is 20.3. The largest absolute Gasteiger partial charge is 0.484 e. The van der Waals surface area contributed by atoms with Gasteiger partial charge in [-0.2, -0.15) is 0 Å². The average molecular weight is 418 g/mol. The third-order valence-corrected chi connectivity index (χ3v) is 4.91. The van der Waals surface area contributed by atoms with Gasteiger partial charge in [0.15, 0.2) is 11.7 Å². The van der Waals surface area contributed by atoms with Crippen LogP contribution in [0.2, 0.25) is 5.02 Å². The summed E-state index contributed by atoms with van der Waals surface area (Å²) >= 11 is 7.31. The quantitative estimate of drug-likeness (QED) is 0.615. The number of anilines is 2. The number of halogens is 1. The van der Waals surface area contributed by atoms with E-state index in [0.717, 1.165) is 10.2 Å². The molecule has 0 aliphatic carbocycles. The monoisotopic (exact) mass is 417 g/mol. The lowest BCUT2D eigenvalue weighted by molar-refractivity contribution is -0.123. The van der Waals surface area contributed by atoms with Crippen LogP contribution in [0.4, 0.5) is 10.8 Å². The van der Waals surface area contributed by atoms with E-state index in [9.17, 15) is 9.59 Å². The zero-order valence-electron chi connectivity index (χ0n) is 15.7. The Morgan fingerprint density at radius 1 is 1.14 bits per heavy atom. The van der Waals surface area contributed by atoms with Gasteiger partial charge in [0.25, 0.3) is 5.91 Å². The third kappa shape index (κ3) is 5.21. The summed E-state index contributed by atoms with van der Waals surface area (Å²) in [4.78, 5) is 28.6. The maximum absolute atomic E-state index is 12.2. The predicted molar refractivity (Wildman–Crippen MR) is 113 cm³/mol. The fraction of sp³-hybridized carbons (Fsp3) is 0.250. The van der Waals surface area contributed by atoms with Crippen LogP contribution in [-0.2, 0) is 9.59 Å². The average Bonchev–Trinajstić information content (AvgIpc) is 3.00. The maximum Gasteiger partial charge on any atom is 0.264 e. The van der Waals surface area contributed by atoms with Crippen molar-refractivity contribution in [2.45, 2.75) is 20.8 Å². The van der Waals surface area contributed by atoms with Gasteiger partial charge in [-0.05, 0) is 30.3 Å². The van der Waals surface area contributed by atoms with E-state index in [0.29, 0.717) is 21.6 Å². The number of hydrogen-bond donors (Lipinski definition) is 2. The van der Waals surface area contributed by atoms with Gasteiger partial charge in [-0.3, -0.25) is 14.9 Å². The van der Waals surface area contributed by atoms with E-state index in [2.05, 4.69) is 15.6 Å². The number of thiazole rings is 1. The summed E-state index contributed by atoms with van der Waals surface area (Å²) in [6.07, 6.45) is 0. The number of benzene rings is 2. The third-order valence-electron chi connectivity index (χ3n) is 3.74. The van der Waals surface area contributed by atoms with E-state index in [1.807, 2.05) is 20.8 Å². The van der Waals surface area contributed by atoms with Crippen LogP contribution in [0, 0.1) is 5.41 Å². The predicted octanol–water partition coefficient (Wildman–Crippen LogP) is 4.95. The Labute approximate surface area is 171 Å². The van der Waals surface area contributed by atoms with Crippen molar-refractivity contribution in [1.82, 2.24) is 4.98 Å². The highest BCUT2D eigenvalue weighted by molar-refractivity contribution is 7.22. The van der Waals surface area contributed by atoms with Gasteiger partial charge in [0.05, 0.1) is 10.2 Å². The SMILES string of the molecule is CC(C)(C)C(=O)Nc1cccc(OCC(=O)Nc2nc3ccc(Cl)cc3s2)c1. The Bertz CT molecular complexity index is 1030. The Balaban J connectivity index is 1.58. The first-order valence-corrected chi connectivity index (χ1v) is 9.80. The van der Waals surface area contributed by atoms with Crippen LogP contribution in [0.3, 0.4) is 0 Å². The summed E-state index contributed by atoms with van der Waals surface area (Å²) in [5.41, 5.74) is 0.881. The molecule has 3 aromatic rings. The minimum Gasteiger partial charge on any atom is -0.484 e. The second-order valence-corrected chi connectivity index (χ2v) is 8.67. The van der Waals surface area contributed by atoms with Gasteiger partial charge in [0, 0.05) is 22.2 Å². The molecule has 3 rings (SSSR count). The van der Waals surface area contributed by atoms with Gasteiger partial charge < -0.3 is 10.1 Å². The van der Waals surface area contributed by atoms with E-state index < -0.39 is 5.41 Å². The molecule has 0 radical (unpaired) electrons. The normalized spacial score (nSPS) is 11.3. The number of hydrogen-bond acceptors (Lipinski definition) is 5. The number of fused-ring (bicyclic) bond motifs is 1. The number of aromatic nitrogens is 1. The minimum absolute atomic E-state index is 0.0988. The molecule has 0 spiro atoms. The highest BCUT2D eigenvalue weighted by Crippen LogP contribution is 2.28. The molecule has 8 heteroatoms. The molecular formula is C20H20ClN3O3S. The lowest BCUT2D eigenvalue weighted by atomic mass is 9.95. The summed E-state index contributed by atoms with van der Waals surface area (Å²) in [7, 11) is 0. The summed E-state index contributed by atoms with van der Waals surface area (Å²) in [5.74, 6) is 0.0607. The number of nitrogens with zero attached hydrogens (tertiary/aromatic N) is 1. The number of amides is 2. The molecule has 2 aromatic carbocycles. The van der Waals surface area contributed by atoms with Crippen molar-refractivity contribution in [3.63, 3.8) is 0 Å². The van der Waals surface area contributed by atoms with Crippen molar-refractivity contribution in [2.24, 2.45) is 5.41 Å². The summed E-state index contributed by atoms with van der Waals surface area (Å²) in [5, 5.41) is 6.65. The van der Waals surface area contributed by atoms with E-state index in [1.54, 1.807) is 42.5 Å². The van der Waals surface area contributed by atoms with Gasteiger partial charge >= 0.3 is 0 Å². The summed E-state index contributed by atoms with van der Waals surface area (Å²) in [6.45, 7) is 5.34. The molecule has 0 saturated heterocycles. The molecule has 0 fully saturated rings. The molecule has 0 unspecified atom stereocenters. The summed E-state index contributed by atoms with van der Waals surface area (Å²) < 4.78 is 6.43. The zero-order valence-corrected chi connectivity index (χ0v) is 17.3. The van der Waals surface area contributed by atoms with Gasteiger partial charge in [-0.1, -0.05) is 49.8 Å². The van der Waals surface area contributed by atoms with Gasteiger partial charge in [-0.25, -0.2) is 4.98 Å².